The van der Waals surface area contributed by atoms with Crippen LogP contribution < -0.4 is 9.47 Å². The van der Waals surface area contributed by atoms with Crippen LogP contribution in [0.2, 0.25) is 0 Å². The number of benzene rings is 10. The lowest BCUT2D eigenvalue weighted by Crippen LogP contribution is -2.10. The summed E-state index contributed by atoms with van der Waals surface area (Å²) in [5, 5.41) is 0. The number of terminal acetylenes is 2. The third kappa shape index (κ3) is 25.0. The second-order valence-corrected chi connectivity index (χ2v) is 31.4. The Morgan fingerprint density at radius 1 is 0.273 bits per heavy atom. The van der Waals surface area contributed by atoms with Crippen molar-refractivity contribution in [2.45, 2.75) is 247 Å². The Bertz CT molecular complexity index is 4530. The second-order valence-electron chi connectivity index (χ2n) is 31.4. The van der Waals surface area contributed by atoms with Crippen molar-refractivity contribution < 1.29 is 9.47 Å². The first-order chi connectivity index (χ1) is 54.0. The van der Waals surface area contributed by atoms with Crippen LogP contribution in [0.5, 0.6) is 11.5 Å². The molecule has 10 rings (SSSR count). The fourth-order valence-electron chi connectivity index (χ4n) is 15.2. The first-order valence-corrected chi connectivity index (χ1v) is 42.4. The lowest BCUT2D eigenvalue weighted by molar-refractivity contribution is 0.295. The predicted octanol–water partition coefficient (Wildman–Crippen LogP) is 30.3. The highest BCUT2D eigenvalue weighted by Gasteiger charge is 2.21. The molecular weight excluding hydrogens is 1330 g/mol. The average Bonchev–Trinajstić information content (AvgIpc) is 0.759. The van der Waals surface area contributed by atoms with E-state index in [2.05, 4.69) is 272 Å². The van der Waals surface area contributed by atoms with Gasteiger partial charge in [0.15, 0.2) is 0 Å². The van der Waals surface area contributed by atoms with E-state index < -0.39 is 0 Å². The minimum absolute atomic E-state index is 0.0144. The van der Waals surface area contributed by atoms with Crippen molar-refractivity contribution in [3.8, 4) is 138 Å². The fourth-order valence-corrected chi connectivity index (χ4v) is 15.2. The third-order valence-corrected chi connectivity index (χ3v) is 22.0. The zero-order chi connectivity index (χ0) is 77.0. The normalized spacial score (nSPS) is 11.1. The molecule has 0 amide bonds. The highest BCUT2D eigenvalue weighted by atomic mass is 16.5. The van der Waals surface area contributed by atoms with Gasteiger partial charge >= 0.3 is 0 Å². The van der Waals surface area contributed by atoms with Crippen LogP contribution in [0.25, 0.3) is 77.9 Å². The Kier molecular flexibility index (Phi) is 33.5. The third-order valence-electron chi connectivity index (χ3n) is 22.0. The Morgan fingerprint density at radius 3 is 0.991 bits per heavy atom. The van der Waals surface area contributed by atoms with Crippen LogP contribution in [-0.2, 0) is 18.3 Å². The molecule has 0 spiro atoms. The Balaban J connectivity index is 0.999. The van der Waals surface area contributed by atoms with E-state index in [9.17, 15) is 0 Å². The van der Waals surface area contributed by atoms with Crippen LogP contribution in [-0.4, -0.2) is 13.2 Å². The van der Waals surface area contributed by atoms with E-state index in [-0.39, 0.29) is 5.41 Å². The summed E-state index contributed by atoms with van der Waals surface area (Å²) < 4.78 is 13.9. The monoisotopic (exact) mass is 1450 g/mol. The average molecular weight is 1450 g/mol. The summed E-state index contributed by atoms with van der Waals surface area (Å²) in [5.74, 6) is 21.8. The first kappa shape index (κ1) is 82.5. The molecule has 566 valence electrons. The topological polar surface area (TPSA) is 18.5 Å². The van der Waals surface area contributed by atoms with Gasteiger partial charge in [0.05, 0.1) is 24.3 Å². The lowest BCUT2D eigenvalue weighted by atomic mass is 9.83. The number of rotatable bonds is 41. The van der Waals surface area contributed by atoms with Crippen LogP contribution in [0.1, 0.15) is 278 Å². The number of ether oxygens (including phenoxy) is 2. The number of unbranched alkanes of at least 4 members (excludes halogenated alkanes) is 26. The van der Waals surface area contributed by atoms with Crippen molar-refractivity contribution in [3.05, 3.63) is 262 Å². The Labute approximate surface area is 665 Å². The molecule has 10 aromatic rings. The molecule has 0 heterocycles. The Hall–Kier alpha value is -9.96. The number of hydrogen-bond acceptors (Lipinski definition) is 2. The largest absolute Gasteiger partial charge is 0.492 e. The first-order valence-electron chi connectivity index (χ1n) is 42.4. The maximum atomic E-state index is 6.95. The van der Waals surface area contributed by atoms with Crippen LogP contribution in [0.3, 0.4) is 0 Å². The van der Waals surface area contributed by atoms with Crippen molar-refractivity contribution in [1.29, 1.82) is 0 Å². The maximum Gasteiger partial charge on any atom is 0.136 e. The van der Waals surface area contributed by atoms with Crippen LogP contribution >= 0.6 is 0 Å². The van der Waals surface area contributed by atoms with Crippen LogP contribution in [0.15, 0.2) is 212 Å². The van der Waals surface area contributed by atoms with Crippen molar-refractivity contribution in [1.82, 2.24) is 0 Å². The molecule has 0 saturated heterocycles. The van der Waals surface area contributed by atoms with Gasteiger partial charge in [0, 0.05) is 34.4 Å². The molecular formula is C108H122O2. The van der Waals surface area contributed by atoms with E-state index in [1.54, 1.807) is 0 Å². The molecule has 110 heavy (non-hydrogen) atoms. The van der Waals surface area contributed by atoms with Gasteiger partial charge in [0.1, 0.15) is 11.5 Å². The van der Waals surface area contributed by atoms with Gasteiger partial charge in [-0.05, 0) is 186 Å². The molecule has 0 aliphatic carbocycles. The van der Waals surface area contributed by atoms with E-state index >= 15 is 0 Å². The number of hydrogen-bond donors (Lipinski definition) is 0. The van der Waals surface area contributed by atoms with Crippen molar-refractivity contribution in [2.24, 2.45) is 0 Å². The molecule has 0 bridgehead atoms. The summed E-state index contributed by atoms with van der Waals surface area (Å²) in [4.78, 5) is 0. The minimum atomic E-state index is 0.0144. The zero-order valence-corrected chi connectivity index (χ0v) is 67.8. The highest BCUT2D eigenvalue weighted by Crippen LogP contribution is 2.45. The molecule has 0 aliphatic rings. The predicted molar refractivity (Wildman–Crippen MR) is 474 cm³/mol. The smallest absolute Gasteiger partial charge is 0.136 e. The van der Waals surface area contributed by atoms with Crippen LogP contribution in [0.4, 0.5) is 0 Å². The molecule has 0 atom stereocenters. The fraction of sp³-hybridized carbons (Fsp3) is 0.370. The maximum absolute atomic E-state index is 6.95. The van der Waals surface area contributed by atoms with Crippen molar-refractivity contribution in [3.63, 3.8) is 0 Å². The van der Waals surface area contributed by atoms with Crippen LogP contribution in [0, 0.1) is 48.4 Å². The van der Waals surface area contributed by atoms with Gasteiger partial charge in [0.2, 0.25) is 0 Å². The van der Waals surface area contributed by atoms with Gasteiger partial charge in [-0.25, -0.2) is 0 Å². The van der Waals surface area contributed by atoms with Gasteiger partial charge in [-0.2, -0.15) is 0 Å². The molecule has 0 radical (unpaired) electrons. The van der Waals surface area contributed by atoms with Crippen molar-refractivity contribution >= 4 is 0 Å². The molecule has 0 unspecified atom stereocenters. The quantitative estimate of drug-likeness (QED) is 0.0281. The van der Waals surface area contributed by atoms with Gasteiger partial charge < -0.3 is 9.47 Å². The SMILES string of the molecule is C#Cc1ccc(-c2ccc(-c3cc(-c4ccc(C(C)(C)C)cc4)cc(-c4ccc(-c5ccc(C#C)cc5)cc4)c3-c3ccc(C#Cc4cc(OCCCCCCCCCCCCCCCC)c(C#Cc5cc(CC)c(-c6ccccc6)cc5CC)cc4OCCCCCCCCCCCCCCCC)cc3)cc2)cc1. The summed E-state index contributed by atoms with van der Waals surface area (Å²) >= 11 is 0. The van der Waals surface area contributed by atoms with Gasteiger partial charge in [-0.1, -0.05) is 390 Å². The molecule has 0 N–H and O–H groups in total. The molecule has 0 fully saturated rings. The molecule has 2 heteroatoms. The summed E-state index contributed by atoms with van der Waals surface area (Å²) in [5.41, 5.74) is 25.2. The van der Waals surface area contributed by atoms with Gasteiger partial charge in [-0.3, -0.25) is 0 Å². The van der Waals surface area contributed by atoms with E-state index in [0.717, 1.165) is 150 Å². The van der Waals surface area contributed by atoms with Crippen molar-refractivity contribution in [2.75, 3.05) is 13.2 Å². The van der Waals surface area contributed by atoms with Gasteiger partial charge in [0.25, 0.3) is 0 Å². The standard InChI is InChI=1S/C108H122O2/c1-10-16-18-20-22-24-26-28-30-32-34-36-38-43-75-109-105-82-99(70-69-97-77-87(15-6)102(78-86(97)14-5)93-45-41-40-42-46-93)106(110-76-44-39-37-35-33-31-29-27-25-23-21-19-17-11-2)81-98(105)60-53-85-51-58-96(59-52-85)107-103(94-65-61-90(62-66-94)88-54-47-83(12-3)48-55-88)79-100(92-71-73-101(74-72-92)108(7,8)9)80-104(107)95-67-63-91(64-68-95)89-56-49-84(13-4)50-57-89/h3-4,40-42,45-52,54-59,61-68,71-74,77-82H,10-11,14-39,43-44,75-76H2,1-2,5-9H3. The van der Waals surface area contributed by atoms with E-state index in [1.807, 2.05) is 24.3 Å². The Morgan fingerprint density at radius 2 is 0.600 bits per heavy atom. The molecule has 2 nitrogen and oxygen atoms in total. The highest BCUT2D eigenvalue weighted by molar-refractivity contribution is 5.98. The van der Waals surface area contributed by atoms with E-state index in [4.69, 9.17) is 22.3 Å². The molecule has 0 aromatic heterocycles. The lowest BCUT2D eigenvalue weighted by Gasteiger charge is -2.21. The minimum Gasteiger partial charge on any atom is -0.492 e. The summed E-state index contributed by atoms with van der Waals surface area (Å²) in [6.07, 6.45) is 49.9. The van der Waals surface area contributed by atoms with E-state index in [0.29, 0.717) is 13.2 Å². The number of aryl methyl sites for hydroxylation is 2. The molecule has 0 aliphatic heterocycles. The van der Waals surface area contributed by atoms with Gasteiger partial charge in [-0.15, -0.1) is 12.8 Å². The summed E-state index contributed by atoms with van der Waals surface area (Å²) in [7, 11) is 0. The second kappa shape index (κ2) is 44.6. The van der Waals surface area contributed by atoms with E-state index in [1.165, 1.54) is 182 Å². The summed E-state index contributed by atoms with van der Waals surface area (Å²) in [6.45, 7) is 17.1. The molecule has 10 aromatic carbocycles. The summed E-state index contributed by atoms with van der Waals surface area (Å²) in [6, 6.07) is 77.0. The molecule has 0 saturated carbocycles. The zero-order valence-electron chi connectivity index (χ0n) is 67.8.